The molecule has 3 aromatic carbocycles. The van der Waals surface area contributed by atoms with Crippen LogP contribution >= 0.6 is 0 Å². The Bertz CT molecular complexity index is 944. The minimum absolute atomic E-state index is 0.283. The highest BCUT2D eigenvalue weighted by atomic mass is 16.5. The van der Waals surface area contributed by atoms with E-state index in [2.05, 4.69) is 5.32 Å². The number of para-hydroxylation sites is 1. The van der Waals surface area contributed by atoms with E-state index in [1.165, 1.54) is 0 Å². The lowest BCUT2D eigenvalue weighted by Gasteiger charge is -2.17. The molecule has 3 N–H and O–H groups in total. The average molecular weight is 390 g/mol. The lowest BCUT2D eigenvalue weighted by Crippen LogP contribution is -2.30. The predicted molar refractivity (Wildman–Crippen MR) is 110 cm³/mol. The minimum atomic E-state index is -0.672. The summed E-state index contributed by atoms with van der Waals surface area (Å²) in [5, 5.41) is 11.9. The number of carbonyl (C=O) groups is 2. The third-order valence-electron chi connectivity index (χ3n) is 4.44. The lowest BCUT2D eigenvalue weighted by molar-refractivity contribution is -0.129. The van der Waals surface area contributed by atoms with Crippen molar-refractivity contribution >= 4 is 17.5 Å². The number of hydrogen-bond acceptors (Lipinski definition) is 4. The van der Waals surface area contributed by atoms with Crippen LogP contribution in [-0.2, 0) is 9.59 Å². The first kappa shape index (κ1) is 20.1. The van der Waals surface area contributed by atoms with E-state index in [1.807, 2.05) is 48.5 Å². The van der Waals surface area contributed by atoms with Crippen LogP contribution in [0.15, 0.2) is 84.9 Å². The van der Waals surface area contributed by atoms with E-state index in [-0.39, 0.29) is 5.91 Å². The molecule has 0 spiro atoms. The summed E-state index contributed by atoms with van der Waals surface area (Å²) in [6.45, 7) is 1.67. The maximum absolute atomic E-state index is 12.4. The van der Waals surface area contributed by atoms with Crippen molar-refractivity contribution in [3.63, 3.8) is 0 Å². The second kappa shape index (κ2) is 9.52. The van der Waals surface area contributed by atoms with Crippen molar-refractivity contribution < 1.29 is 19.5 Å². The van der Waals surface area contributed by atoms with E-state index in [9.17, 15) is 9.59 Å². The topological polar surface area (TPSA) is 87.7 Å². The molecule has 0 heterocycles. The molecular weight excluding hydrogens is 368 g/mol. The standard InChI is InChI=1S/C23H22N2O4/c1-16(29-20-10-6-3-7-11-20)22(26)24-19-14-12-18(13-15-19)21(23(27)25-28)17-8-4-2-5-9-17/h2-16,21,28H,1H3,(H,24,26)(H,25,27). The van der Waals surface area contributed by atoms with Crippen LogP contribution in [0.1, 0.15) is 24.0 Å². The van der Waals surface area contributed by atoms with Crippen LogP contribution in [0.4, 0.5) is 5.69 Å². The molecule has 0 saturated carbocycles. The zero-order chi connectivity index (χ0) is 20.6. The quantitative estimate of drug-likeness (QED) is 0.424. The van der Waals surface area contributed by atoms with Crippen molar-refractivity contribution in [3.05, 3.63) is 96.1 Å². The highest BCUT2D eigenvalue weighted by Gasteiger charge is 2.22. The summed E-state index contributed by atoms with van der Waals surface area (Å²) in [7, 11) is 0. The van der Waals surface area contributed by atoms with Gasteiger partial charge in [-0.3, -0.25) is 14.8 Å². The van der Waals surface area contributed by atoms with Gasteiger partial charge in [-0.05, 0) is 42.3 Å². The van der Waals surface area contributed by atoms with Crippen molar-refractivity contribution in [3.8, 4) is 5.75 Å². The number of anilines is 1. The molecule has 6 heteroatoms. The molecule has 2 amide bonds. The van der Waals surface area contributed by atoms with Crippen LogP contribution in [0.5, 0.6) is 5.75 Å². The van der Waals surface area contributed by atoms with Gasteiger partial charge in [-0.25, -0.2) is 5.48 Å². The predicted octanol–water partition coefficient (Wildman–Crippen LogP) is 3.73. The van der Waals surface area contributed by atoms with E-state index >= 15 is 0 Å². The summed E-state index contributed by atoms with van der Waals surface area (Å²) in [5.74, 6) is -0.857. The Morgan fingerprint density at radius 2 is 1.34 bits per heavy atom. The van der Waals surface area contributed by atoms with Crippen LogP contribution in [0.3, 0.4) is 0 Å². The van der Waals surface area contributed by atoms with Crippen molar-refractivity contribution in [1.29, 1.82) is 0 Å². The molecule has 0 radical (unpaired) electrons. The largest absolute Gasteiger partial charge is 0.481 e. The number of hydrogen-bond donors (Lipinski definition) is 3. The zero-order valence-electron chi connectivity index (χ0n) is 15.9. The molecule has 2 atom stereocenters. The second-order valence-corrected chi connectivity index (χ2v) is 6.50. The fourth-order valence-corrected chi connectivity index (χ4v) is 2.96. The molecule has 3 rings (SSSR count). The van der Waals surface area contributed by atoms with Gasteiger partial charge >= 0.3 is 0 Å². The summed E-state index contributed by atoms with van der Waals surface area (Å²) in [6, 6.07) is 25.2. The fourth-order valence-electron chi connectivity index (χ4n) is 2.96. The molecule has 148 valence electrons. The van der Waals surface area contributed by atoms with E-state index in [4.69, 9.17) is 9.94 Å². The third-order valence-corrected chi connectivity index (χ3v) is 4.44. The third kappa shape index (κ3) is 5.21. The van der Waals surface area contributed by atoms with Gasteiger partial charge in [0.25, 0.3) is 11.8 Å². The normalized spacial score (nSPS) is 12.5. The highest BCUT2D eigenvalue weighted by molar-refractivity contribution is 5.94. The lowest BCUT2D eigenvalue weighted by atomic mass is 9.90. The number of amides is 2. The van der Waals surface area contributed by atoms with Crippen molar-refractivity contribution in [2.75, 3.05) is 5.32 Å². The smallest absolute Gasteiger partial charge is 0.265 e. The number of carbonyl (C=O) groups excluding carboxylic acids is 2. The number of benzene rings is 3. The zero-order valence-corrected chi connectivity index (χ0v) is 15.9. The molecule has 29 heavy (non-hydrogen) atoms. The first-order valence-electron chi connectivity index (χ1n) is 9.20. The summed E-state index contributed by atoms with van der Waals surface area (Å²) in [5.41, 5.74) is 3.74. The second-order valence-electron chi connectivity index (χ2n) is 6.50. The monoisotopic (exact) mass is 390 g/mol. The first-order chi connectivity index (χ1) is 14.1. The maximum atomic E-state index is 12.4. The van der Waals surface area contributed by atoms with Crippen LogP contribution in [-0.4, -0.2) is 23.1 Å². The Labute approximate surface area is 169 Å². The Morgan fingerprint density at radius 1 is 0.793 bits per heavy atom. The number of ether oxygens (including phenoxy) is 1. The first-order valence-corrected chi connectivity index (χ1v) is 9.20. The molecule has 3 aromatic rings. The molecule has 0 aliphatic carbocycles. The SMILES string of the molecule is CC(Oc1ccccc1)C(=O)Nc1ccc(C(C(=O)NO)c2ccccc2)cc1. The van der Waals surface area contributed by atoms with Gasteiger partial charge in [-0.2, -0.15) is 0 Å². The van der Waals surface area contributed by atoms with Crippen LogP contribution in [0.2, 0.25) is 0 Å². The molecule has 0 fully saturated rings. The molecule has 0 bridgehead atoms. The molecule has 0 aliphatic heterocycles. The highest BCUT2D eigenvalue weighted by Crippen LogP contribution is 2.26. The van der Waals surface area contributed by atoms with Gasteiger partial charge < -0.3 is 10.1 Å². The Kier molecular flexibility index (Phi) is 6.60. The maximum Gasteiger partial charge on any atom is 0.265 e. The van der Waals surface area contributed by atoms with Crippen LogP contribution in [0.25, 0.3) is 0 Å². The minimum Gasteiger partial charge on any atom is -0.481 e. The van der Waals surface area contributed by atoms with Crippen LogP contribution < -0.4 is 15.5 Å². The molecule has 0 aliphatic rings. The summed E-state index contributed by atoms with van der Waals surface area (Å²) < 4.78 is 5.62. The van der Waals surface area contributed by atoms with Gasteiger partial charge in [0.15, 0.2) is 6.10 Å². The van der Waals surface area contributed by atoms with Gasteiger partial charge in [0.1, 0.15) is 5.75 Å². The molecule has 2 unspecified atom stereocenters. The van der Waals surface area contributed by atoms with Gasteiger partial charge in [-0.1, -0.05) is 60.7 Å². The van der Waals surface area contributed by atoms with Crippen molar-refractivity contribution in [1.82, 2.24) is 5.48 Å². The number of rotatable bonds is 7. The number of hydroxylamine groups is 1. The molecule has 0 saturated heterocycles. The fraction of sp³-hybridized carbons (Fsp3) is 0.130. The molecule has 6 nitrogen and oxygen atoms in total. The van der Waals surface area contributed by atoms with Crippen molar-refractivity contribution in [2.24, 2.45) is 0 Å². The number of nitrogens with one attached hydrogen (secondary N) is 2. The summed E-state index contributed by atoms with van der Waals surface area (Å²) >= 11 is 0. The van der Waals surface area contributed by atoms with E-state index in [0.717, 1.165) is 5.56 Å². The Hall–Kier alpha value is -3.64. The van der Waals surface area contributed by atoms with Gasteiger partial charge in [0, 0.05) is 5.69 Å². The Morgan fingerprint density at radius 3 is 1.93 bits per heavy atom. The summed E-state index contributed by atoms with van der Waals surface area (Å²) in [6.07, 6.45) is -0.672. The van der Waals surface area contributed by atoms with Gasteiger partial charge in [-0.15, -0.1) is 0 Å². The van der Waals surface area contributed by atoms with E-state index in [1.54, 1.807) is 48.8 Å². The molecule has 0 aromatic heterocycles. The van der Waals surface area contributed by atoms with Gasteiger partial charge in [0.2, 0.25) is 0 Å². The van der Waals surface area contributed by atoms with Crippen LogP contribution in [0, 0.1) is 0 Å². The van der Waals surface area contributed by atoms with E-state index < -0.39 is 17.9 Å². The summed E-state index contributed by atoms with van der Waals surface area (Å²) in [4.78, 5) is 24.6. The average Bonchev–Trinajstić information content (AvgIpc) is 2.76. The molecular formula is C23H22N2O4. The Balaban J connectivity index is 1.70. The van der Waals surface area contributed by atoms with Crippen molar-refractivity contribution in [2.45, 2.75) is 18.9 Å². The van der Waals surface area contributed by atoms with Gasteiger partial charge in [0.05, 0.1) is 5.92 Å². The van der Waals surface area contributed by atoms with E-state index in [0.29, 0.717) is 17.0 Å².